The Balaban J connectivity index is 1.30. The van der Waals surface area contributed by atoms with Crippen LogP contribution in [0.15, 0.2) is 72.3 Å². The maximum absolute atomic E-state index is 13.9. The minimum absolute atomic E-state index is 0.0253. The summed E-state index contributed by atoms with van der Waals surface area (Å²) in [5.41, 5.74) is -4.41. The Morgan fingerprint density at radius 1 is 0.839 bits per heavy atom. The van der Waals surface area contributed by atoms with E-state index >= 15 is 0 Å². The average Bonchev–Trinajstić information content (AvgIpc) is 3.80. The summed E-state index contributed by atoms with van der Waals surface area (Å²) in [5, 5.41) is 12.8. The van der Waals surface area contributed by atoms with Crippen LogP contribution in [0.1, 0.15) is 77.8 Å². The standard InChI is InChI=1S/C41H43ClF3N3O13S/c1-24-15-26(3)46(21-24)38(49)30-18-34(56-4)35(16-25(30)2)58-13-7-6-8-14-59-37-20-32(48(52)53)31(19-36(37)60-23-27-9-11-28(42)12-10-27)39(50)47-22-29(17-33(47)40(51)57-5)61-62(54,55)41(43,44)45/h9-12,16,18-22,26,33H,6-8,13-15,17,23H2,1-5H3/t26-,33+/m1/s1. The van der Waals surface area contributed by atoms with Crippen molar-refractivity contribution in [3.63, 3.8) is 0 Å². The lowest BCUT2D eigenvalue weighted by Gasteiger charge is -2.22. The van der Waals surface area contributed by atoms with Crippen molar-refractivity contribution in [2.45, 2.75) is 77.1 Å². The molecule has 3 aromatic rings. The summed E-state index contributed by atoms with van der Waals surface area (Å²) in [5.74, 6) is -2.98. The summed E-state index contributed by atoms with van der Waals surface area (Å²) in [6.45, 7) is 5.95. The van der Waals surface area contributed by atoms with Crippen LogP contribution in [0.4, 0.5) is 18.9 Å². The molecule has 0 aromatic heterocycles. The number of esters is 1. The molecule has 0 aliphatic carbocycles. The fraction of sp³-hybridized carbons (Fsp3) is 0.390. The van der Waals surface area contributed by atoms with E-state index in [2.05, 4.69) is 8.92 Å². The van der Waals surface area contributed by atoms with Crippen LogP contribution in [0.5, 0.6) is 23.0 Å². The normalized spacial score (nSPS) is 16.3. The smallest absolute Gasteiger partial charge is 0.493 e. The number of amides is 2. The van der Waals surface area contributed by atoms with Gasteiger partial charge in [0.25, 0.3) is 17.5 Å². The Morgan fingerprint density at radius 2 is 1.44 bits per heavy atom. The number of unbranched alkanes of at least 4 members (excludes halogenated alkanes) is 2. The molecule has 0 spiro atoms. The van der Waals surface area contributed by atoms with Gasteiger partial charge in [-0.3, -0.25) is 24.6 Å². The predicted molar refractivity (Wildman–Crippen MR) is 216 cm³/mol. The van der Waals surface area contributed by atoms with Gasteiger partial charge < -0.3 is 32.8 Å². The van der Waals surface area contributed by atoms with Crippen molar-refractivity contribution < 1.29 is 68.8 Å². The van der Waals surface area contributed by atoms with Gasteiger partial charge in [-0.15, -0.1) is 0 Å². The summed E-state index contributed by atoms with van der Waals surface area (Å²) < 4.78 is 94.9. The number of aryl methyl sites for hydroxylation is 1. The molecule has 0 fully saturated rings. The number of alkyl halides is 3. The molecule has 2 atom stereocenters. The Morgan fingerprint density at radius 3 is 2.00 bits per heavy atom. The van der Waals surface area contributed by atoms with Crippen molar-refractivity contribution in [1.82, 2.24) is 9.80 Å². The van der Waals surface area contributed by atoms with Gasteiger partial charge in [-0.2, -0.15) is 21.6 Å². The van der Waals surface area contributed by atoms with Gasteiger partial charge in [-0.1, -0.05) is 29.3 Å². The van der Waals surface area contributed by atoms with Crippen molar-refractivity contribution in [3.8, 4) is 23.0 Å². The molecule has 16 nitrogen and oxygen atoms in total. The molecule has 2 aliphatic heterocycles. The Kier molecular flexibility index (Phi) is 15.0. The van der Waals surface area contributed by atoms with E-state index in [1.54, 1.807) is 41.3 Å². The fourth-order valence-corrected chi connectivity index (χ4v) is 7.24. The number of methoxy groups -OCH3 is 2. The number of carbonyl (C=O) groups excluding carboxylic acids is 3. The first-order valence-electron chi connectivity index (χ1n) is 19.0. The van der Waals surface area contributed by atoms with E-state index < -0.39 is 61.9 Å². The van der Waals surface area contributed by atoms with Crippen molar-refractivity contribution in [2.24, 2.45) is 0 Å². The average molecular weight is 910 g/mol. The van der Waals surface area contributed by atoms with Crippen LogP contribution in [0.3, 0.4) is 0 Å². The van der Waals surface area contributed by atoms with Crippen LogP contribution >= 0.6 is 11.6 Å². The number of nitrogens with zero attached hydrogens (tertiary/aromatic N) is 3. The Hall–Kier alpha value is -6.02. The lowest BCUT2D eigenvalue weighted by atomic mass is 10.1. The second-order valence-corrected chi connectivity index (χ2v) is 16.3. The lowest BCUT2D eigenvalue weighted by Crippen LogP contribution is -2.39. The molecule has 0 unspecified atom stereocenters. The third-order valence-corrected chi connectivity index (χ3v) is 11.0. The van der Waals surface area contributed by atoms with Gasteiger partial charge in [0.05, 0.1) is 38.4 Å². The zero-order chi connectivity index (χ0) is 45.5. The van der Waals surface area contributed by atoms with E-state index in [1.807, 2.05) is 27.0 Å². The first-order chi connectivity index (χ1) is 29.2. The van der Waals surface area contributed by atoms with Crippen LogP contribution in [0, 0.1) is 17.0 Å². The molecule has 0 saturated carbocycles. The van der Waals surface area contributed by atoms with Crippen molar-refractivity contribution in [1.29, 1.82) is 0 Å². The van der Waals surface area contributed by atoms with Crippen LogP contribution in [0.2, 0.25) is 5.02 Å². The Labute approximate surface area is 360 Å². The van der Waals surface area contributed by atoms with E-state index in [4.69, 9.17) is 30.5 Å². The Bertz CT molecular complexity index is 2370. The number of carbonyl (C=O) groups is 3. The van der Waals surface area contributed by atoms with E-state index in [-0.39, 0.29) is 43.3 Å². The maximum Gasteiger partial charge on any atom is 0.534 e. The van der Waals surface area contributed by atoms with Gasteiger partial charge in [0.2, 0.25) is 0 Å². The number of rotatable bonds is 18. The van der Waals surface area contributed by atoms with Gasteiger partial charge >= 0.3 is 21.6 Å². The van der Waals surface area contributed by atoms with Gasteiger partial charge in [0, 0.05) is 41.5 Å². The minimum atomic E-state index is -6.20. The van der Waals surface area contributed by atoms with E-state index in [0.717, 1.165) is 36.8 Å². The zero-order valence-corrected chi connectivity index (χ0v) is 35.7. The molecule has 2 aliphatic rings. The number of nitro benzene ring substituents is 1. The number of hydrogen-bond acceptors (Lipinski definition) is 13. The molecule has 3 aromatic carbocycles. The number of hydrogen-bond donors (Lipinski definition) is 0. The number of benzene rings is 3. The highest BCUT2D eigenvalue weighted by atomic mass is 35.5. The van der Waals surface area contributed by atoms with Crippen LogP contribution in [-0.4, -0.2) is 85.9 Å². The van der Waals surface area contributed by atoms with Crippen LogP contribution in [-0.2, 0) is 30.4 Å². The number of halogens is 4. The fourth-order valence-electron chi connectivity index (χ4n) is 6.63. The van der Waals surface area contributed by atoms with Crippen LogP contribution in [0.25, 0.3) is 0 Å². The molecule has 62 heavy (non-hydrogen) atoms. The summed E-state index contributed by atoms with van der Waals surface area (Å²) in [7, 11) is -3.81. The zero-order valence-electron chi connectivity index (χ0n) is 34.2. The van der Waals surface area contributed by atoms with Crippen molar-refractivity contribution >= 4 is 45.2 Å². The quantitative estimate of drug-likeness (QED) is 0.0298. The SMILES string of the molecule is COC(=O)[C@@H]1CC(OS(=O)(=O)C(F)(F)F)=CN1C(=O)c1cc(OCc2ccc(Cl)cc2)c(OCCCCCOc2cc(C)c(C(=O)N3C=C(C)C[C@H]3C)cc2OC)cc1[N+](=O)[O-]. The summed E-state index contributed by atoms with van der Waals surface area (Å²) in [6, 6.07) is 10.1. The largest absolute Gasteiger partial charge is 0.534 e. The van der Waals surface area contributed by atoms with E-state index in [9.17, 15) is 46.1 Å². The molecule has 0 saturated heterocycles. The van der Waals surface area contributed by atoms with Crippen molar-refractivity contribution in [3.05, 3.63) is 110 Å². The third kappa shape index (κ3) is 11.1. The number of ether oxygens (including phenoxy) is 5. The molecular formula is C41H43ClF3N3O13S. The van der Waals surface area contributed by atoms with Gasteiger partial charge in [-0.05, 0) is 81.8 Å². The molecule has 0 radical (unpaired) electrons. The minimum Gasteiger partial charge on any atom is -0.493 e. The highest BCUT2D eigenvalue weighted by Gasteiger charge is 2.50. The molecular weight excluding hydrogens is 867 g/mol. The summed E-state index contributed by atoms with van der Waals surface area (Å²) >= 11 is 6.00. The molecule has 334 valence electrons. The second-order valence-electron chi connectivity index (χ2n) is 14.3. The second kappa shape index (κ2) is 19.8. The predicted octanol–water partition coefficient (Wildman–Crippen LogP) is 8.01. The van der Waals surface area contributed by atoms with Gasteiger partial charge in [0.15, 0.2) is 23.0 Å². The third-order valence-electron chi connectivity index (χ3n) is 9.75. The molecule has 2 amide bonds. The number of nitro groups is 1. The van der Waals surface area contributed by atoms with Gasteiger partial charge in [0.1, 0.15) is 24.0 Å². The van der Waals surface area contributed by atoms with E-state index in [1.165, 1.54) is 7.11 Å². The molecule has 0 bridgehead atoms. The molecule has 5 rings (SSSR count). The first kappa shape index (κ1) is 47.0. The lowest BCUT2D eigenvalue weighted by molar-refractivity contribution is -0.385. The summed E-state index contributed by atoms with van der Waals surface area (Å²) in [6.07, 6.45) is 3.88. The molecule has 0 N–H and O–H groups in total. The van der Waals surface area contributed by atoms with Crippen molar-refractivity contribution in [2.75, 3.05) is 27.4 Å². The highest BCUT2D eigenvalue weighted by Crippen LogP contribution is 2.39. The topological polar surface area (TPSA) is 190 Å². The summed E-state index contributed by atoms with van der Waals surface area (Å²) in [4.78, 5) is 53.5. The van der Waals surface area contributed by atoms with E-state index in [0.29, 0.717) is 58.0 Å². The first-order valence-corrected chi connectivity index (χ1v) is 20.8. The maximum atomic E-state index is 13.9. The molecule has 2 heterocycles. The monoisotopic (exact) mass is 909 g/mol. The van der Waals surface area contributed by atoms with Gasteiger partial charge in [-0.25, -0.2) is 4.79 Å². The molecule has 21 heteroatoms. The highest BCUT2D eigenvalue weighted by molar-refractivity contribution is 7.87. The van der Waals surface area contributed by atoms with Crippen LogP contribution < -0.4 is 18.9 Å².